The largest absolute Gasteiger partial charge is 0.361 e. The highest BCUT2D eigenvalue weighted by Gasteiger charge is 2.25. The van der Waals surface area contributed by atoms with E-state index in [-0.39, 0.29) is 11.7 Å². The average Bonchev–Trinajstić information content (AvgIpc) is 2.80. The molecule has 1 aromatic rings. The SMILES string of the molecule is CNc1nc(C)c([N+](=O)[O-])c(NC2CCSC2)n1. The quantitative estimate of drug-likeness (QED) is 0.634. The van der Waals surface area contributed by atoms with Crippen LogP contribution < -0.4 is 10.6 Å². The fourth-order valence-corrected chi connectivity index (χ4v) is 2.99. The lowest BCUT2D eigenvalue weighted by Gasteiger charge is -2.13. The van der Waals surface area contributed by atoms with E-state index in [4.69, 9.17) is 0 Å². The maximum absolute atomic E-state index is 11.1. The number of aryl methyl sites for hydroxylation is 1. The van der Waals surface area contributed by atoms with E-state index in [2.05, 4.69) is 20.6 Å². The minimum Gasteiger partial charge on any atom is -0.361 e. The first-order chi connectivity index (χ1) is 8.61. The van der Waals surface area contributed by atoms with Crippen LogP contribution in [0.3, 0.4) is 0 Å². The Kier molecular flexibility index (Phi) is 3.85. The zero-order valence-corrected chi connectivity index (χ0v) is 11.1. The van der Waals surface area contributed by atoms with Crippen molar-refractivity contribution in [1.29, 1.82) is 0 Å². The fourth-order valence-electron chi connectivity index (χ4n) is 1.84. The summed E-state index contributed by atoms with van der Waals surface area (Å²) in [6, 6.07) is 0.243. The van der Waals surface area contributed by atoms with Crippen LogP contribution in [0, 0.1) is 17.0 Å². The van der Waals surface area contributed by atoms with Gasteiger partial charge in [-0.1, -0.05) is 0 Å². The van der Waals surface area contributed by atoms with Gasteiger partial charge in [-0.15, -0.1) is 0 Å². The van der Waals surface area contributed by atoms with Crippen molar-refractivity contribution in [2.75, 3.05) is 29.2 Å². The van der Waals surface area contributed by atoms with Gasteiger partial charge < -0.3 is 10.6 Å². The highest BCUT2D eigenvalue weighted by atomic mass is 32.2. The Balaban J connectivity index is 2.34. The van der Waals surface area contributed by atoms with Gasteiger partial charge >= 0.3 is 5.69 Å². The van der Waals surface area contributed by atoms with E-state index in [0.29, 0.717) is 17.5 Å². The van der Waals surface area contributed by atoms with Crippen LogP contribution in [0.25, 0.3) is 0 Å². The molecule has 18 heavy (non-hydrogen) atoms. The van der Waals surface area contributed by atoms with Crippen molar-refractivity contribution in [2.24, 2.45) is 0 Å². The van der Waals surface area contributed by atoms with Crippen LogP contribution in [0.1, 0.15) is 12.1 Å². The summed E-state index contributed by atoms with van der Waals surface area (Å²) in [7, 11) is 1.69. The molecule has 1 aliphatic rings. The number of nitro groups is 1. The third kappa shape index (κ3) is 2.63. The van der Waals surface area contributed by atoms with Crippen LogP contribution in [0.5, 0.6) is 0 Å². The molecular formula is C10H15N5O2S. The zero-order chi connectivity index (χ0) is 13.1. The van der Waals surface area contributed by atoms with Crippen molar-refractivity contribution >= 4 is 29.2 Å². The van der Waals surface area contributed by atoms with Crippen LogP contribution in [0.2, 0.25) is 0 Å². The molecule has 2 rings (SSSR count). The highest BCUT2D eigenvalue weighted by Crippen LogP contribution is 2.29. The van der Waals surface area contributed by atoms with E-state index < -0.39 is 4.92 Å². The molecule has 7 nitrogen and oxygen atoms in total. The Morgan fingerprint density at radius 2 is 2.28 bits per heavy atom. The van der Waals surface area contributed by atoms with Gasteiger partial charge in [-0.2, -0.15) is 16.7 Å². The number of rotatable bonds is 4. The van der Waals surface area contributed by atoms with E-state index in [0.717, 1.165) is 17.9 Å². The molecule has 1 saturated heterocycles. The molecule has 8 heteroatoms. The summed E-state index contributed by atoms with van der Waals surface area (Å²) in [4.78, 5) is 18.8. The number of nitrogens with zero attached hydrogens (tertiary/aromatic N) is 3. The minimum atomic E-state index is -0.431. The zero-order valence-electron chi connectivity index (χ0n) is 10.3. The van der Waals surface area contributed by atoms with Gasteiger partial charge in [-0.3, -0.25) is 10.1 Å². The molecule has 98 valence electrons. The molecule has 2 heterocycles. The standard InChI is InChI=1S/C10H15N5O2S/c1-6-8(15(16)17)9(14-10(11-2)12-6)13-7-3-4-18-5-7/h7H,3-5H2,1-2H3,(H2,11,12,13,14). The normalized spacial score (nSPS) is 18.7. The molecule has 0 bridgehead atoms. The molecular weight excluding hydrogens is 254 g/mol. The Labute approximate surface area is 109 Å². The molecule has 0 saturated carbocycles. The van der Waals surface area contributed by atoms with Crippen molar-refractivity contribution in [3.8, 4) is 0 Å². The summed E-state index contributed by atoms with van der Waals surface area (Å²) < 4.78 is 0. The van der Waals surface area contributed by atoms with Gasteiger partial charge in [0.25, 0.3) is 0 Å². The van der Waals surface area contributed by atoms with Gasteiger partial charge in [-0.25, -0.2) is 4.98 Å². The second-order valence-electron chi connectivity index (χ2n) is 4.04. The van der Waals surface area contributed by atoms with Crippen LogP contribution in [0.15, 0.2) is 0 Å². The van der Waals surface area contributed by atoms with Gasteiger partial charge in [0.1, 0.15) is 5.69 Å². The first-order valence-corrected chi connectivity index (χ1v) is 6.82. The second-order valence-corrected chi connectivity index (χ2v) is 5.19. The summed E-state index contributed by atoms with van der Waals surface area (Å²) >= 11 is 1.84. The summed E-state index contributed by atoms with van der Waals surface area (Å²) in [6.45, 7) is 1.62. The lowest BCUT2D eigenvalue weighted by Crippen LogP contribution is -2.21. The van der Waals surface area contributed by atoms with Crippen LogP contribution in [-0.4, -0.2) is 39.5 Å². The fraction of sp³-hybridized carbons (Fsp3) is 0.600. The van der Waals surface area contributed by atoms with Crippen molar-refractivity contribution in [3.05, 3.63) is 15.8 Å². The topological polar surface area (TPSA) is 93.0 Å². The van der Waals surface area contributed by atoms with Crippen molar-refractivity contribution in [3.63, 3.8) is 0 Å². The first kappa shape index (κ1) is 12.9. The molecule has 0 aliphatic carbocycles. The molecule has 1 unspecified atom stereocenters. The number of hydrogen-bond acceptors (Lipinski definition) is 7. The predicted molar refractivity (Wildman–Crippen MR) is 72.3 cm³/mol. The van der Waals surface area contributed by atoms with E-state index in [1.807, 2.05) is 11.8 Å². The summed E-state index contributed by atoms with van der Waals surface area (Å²) in [5.41, 5.74) is 0.332. The minimum absolute atomic E-state index is 0.0362. The Morgan fingerprint density at radius 3 is 2.83 bits per heavy atom. The summed E-state index contributed by atoms with van der Waals surface area (Å²) in [5, 5.41) is 17.0. The number of hydrogen-bond donors (Lipinski definition) is 2. The molecule has 0 radical (unpaired) electrons. The summed E-state index contributed by atoms with van der Waals surface area (Å²) in [6.07, 6.45) is 1.000. The monoisotopic (exact) mass is 269 g/mol. The van der Waals surface area contributed by atoms with Gasteiger partial charge in [-0.05, 0) is 19.1 Å². The number of nitrogens with one attached hydrogen (secondary N) is 2. The van der Waals surface area contributed by atoms with Crippen LogP contribution in [0.4, 0.5) is 17.5 Å². The average molecular weight is 269 g/mol. The Hall–Kier alpha value is -1.57. The molecule has 1 aliphatic heterocycles. The van der Waals surface area contributed by atoms with E-state index in [9.17, 15) is 10.1 Å². The molecule has 1 atom stereocenters. The molecule has 1 aromatic heterocycles. The van der Waals surface area contributed by atoms with Crippen molar-refractivity contribution < 1.29 is 4.92 Å². The highest BCUT2D eigenvalue weighted by molar-refractivity contribution is 7.99. The lowest BCUT2D eigenvalue weighted by atomic mass is 10.2. The Morgan fingerprint density at radius 1 is 1.50 bits per heavy atom. The van der Waals surface area contributed by atoms with E-state index in [1.54, 1.807) is 14.0 Å². The molecule has 2 N–H and O–H groups in total. The summed E-state index contributed by atoms with van der Waals surface area (Å²) in [5.74, 6) is 2.74. The van der Waals surface area contributed by atoms with E-state index >= 15 is 0 Å². The van der Waals surface area contributed by atoms with Gasteiger partial charge in [0, 0.05) is 18.8 Å². The smallest absolute Gasteiger partial charge is 0.332 e. The lowest BCUT2D eigenvalue weighted by molar-refractivity contribution is -0.385. The molecule has 1 fully saturated rings. The third-order valence-corrected chi connectivity index (χ3v) is 3.90. The molecule has 0 amide bonds. The third-order valence-electron chi connectivity index (χ3n) is 2.74. The van der Waals surface area contributed by atoms with Crippen LogP contribution in [-0.2, 0) is 0 Å². The number of anilines is 2. The van der Waals surface area contributed by atoms with Crippen LogP contribution >= 0.6 is 11.8 Å². The van der Waals surface area contributed by atoms with E-state index in [1.165, 1.54) is 0 Å². The van der Waals surface area contributed by atoms with Crippen molar-refractivity contribution in [1.82, 2.24) is 9.97 Å². The maximum Gasteiger partial charge on any atom is 0.332 e. The predicted octanol–water partition coefficient (Wildman–Crippen LogP) is 1.65. The molecule has 0 aromatic carbocycles. The van der Waals surface area contributed by atoms with Crippen molar-refractivity contribution in [2.45, 2.75) is 19.4 Å². The molecule has 0 spiro atoms. The number of thioether (sulfide) groups is 1. The van der Waals surface area contributed by atoms with Gasteiger partial charge in [0.2, 0.25) is 11.8 Å². The first-order valence-electron chi connectivity index (χ1n) is 5.67. The van der Waals surface area contributed by atoms with Gasteiger partial charge in [0.05, 0.1) is 4.92 Å². The maximum atomic E-state index is 11.1. The second kappa shape index (κ2) is 5.38. The number of aromatic nitrogens is 2. The Bertz CT molecular complexity index is 462. The van der Waals surface area contributed by atoms with Gasteiger partial charge in [0.15, 0.2) is 0 Å².